The van der Waals surface area contributed by atoms with Crippen LogP contribution in [0, 0.1) is 0 Å². The van der Waals surface area contributed by atoms with Crippen LogP contribution in [-0.2, 0) is 0 Å². The fourth-order valence-corrected chi connectivity index (χ4v) is 4.38. The fraction of sp³-hybridized carbons (Fsp3) is 0.105. The van der Waals surface area contributed by atoms with Crippen LogP contribution in [0.25, 0.3) is 20.7 Å². The van der Waals surface area contributed by atoms with Crippen molar-refractivity contribution in [1.29, 1.82) is 0 Å². The summed E-state index contributed by atoms with van der Waals surface area (Å²) >= 11 is 3.20. The molecule has 0 saturated carbocycles. The summed E-state index contributed by atoms with van der Waals surface area (Å²) < 4.78 is 5.53. The van der Waals surface area contributed by atoms with Gasteiger partial charge in [-0.25, -0.2) is 0 Å². The molecule has 1 atom stereocenters. The number of furan rings is 1. The average molecular weight is 369 g/mol. The van der Waals surface area contributed by atoms with E-state index < -0.39 is 6.10 Å². The molecule has 0 radical (unpaired) electrons. The van der Waals surface area contributed by atoms with E-state index in [-0.39, 0.29) is 18.2 Å². The van der Waals surface area contributed by atoms with Crippen LogP contribution in [0.5, 0.6) is 0 Å². The van der Waals surface area contributed by atoms with Gasteiger partial charge >= 0.3 is 0 Å². The lowest BCUT2D eigenvalue weighted by Gasteiger charge is -2.09. The second-order valence-corrected chi connectivity index (χ2v) is 7.62. The number of aliphatic hydroxyl groups excluding tert-OH is 1. The summed E-state index contributed by atoms with van der Waals surface area (Å²) in [4.78, 5) is 15.4. The van der Waals surface area contributed by atoms with Crippen molar-refractivity contribution in [2.75, 3.05) is 6.54 Å². The van der Waals surface area contributed by atoms with Crippen LogP contribution in [0.4, 0.5) is 0 Å². The molecule has 0 fully saturated rings. The molecule has 126 valence electrons. The first-order valence-corrected chi connectivity index (χ1v) is 9.49. The number of para-hydroxylation sites is 1. The Labute approximate surface area is 152 Å². The number of hydrogen-bond donors (Lipinski definition) is 2. The molecule has 0 aliphatic rings. The Morgan fingerprint density at radius 2 is 2.00 bits per heavy atom. The molecule has 2 N–H and O–H groups in total. The molecule has 0 spiro atoms. The minimum atomic E-state index is -0.743. The van der Waals surface area contributed by atoms with Crippen molar-refractivity contribution in [3.63, 3.8) is 0 Å². The second kappa shape index (κ2) is 6.84. The molecule has 3 aromatic heterocycles. The highest BCUT2D eigenvalue weighted by Gasteiger charge is 2.16. The first kappa shape index (κ1) is 16.1. The molecular formula is C19H15NO3S2. The maximum Gasteiger partial charge on any atom is 0.287 e. The van der Waals surface area contributed by atoms with Gasteiger partial charge in [0.2, 0.25) is 0 Å². The van der Waals surface area contributed by atoms with Gasteiger partial charge in [-0.3, -0.25) is 4.79 Å². The van der Waals surface area contributed by atoms with Gasteiger partial charge in [0.25, 0.3) is 5.91 Å². The number of fused-ring (bicyclic) bond motifs is 1. The van der Waals surface area contributed by atoms with E-state index in [2.05, 4.69) is 11.4 Å². The van der Waals surface area contributed by atoms with Crippen molar-refractivity contribution in [2.24, 2.45) is 0 Å². The number of hydrogen-bond acceptors (Lipinski definition) is 5. The number of thiophene rings is 2. The molecule has 0 aliphatic carbocycles. The summed E-state index contributed by atoms with van der Waals surface area (Å²) in [5.41, 5.74) is 0.673. The molecule has 3 heterocycles. The van der Waals surface area contributed by atoms with E-state index in [1.54, 1.807) is 17.4 Å². The van der Waals surface area contributed by atoms with Gasteiger partial charge in [0.15, 0.2) is 5.76 Å². The van der Waals surface area contributed by atoms with Gasteiger partial charge in [-0.1, -0.05) is 24.3 Å². The molecule has 6 heteroatoms. The van der Waals surface area contributed by atoms with Crippen molar-refractivity contribution < 1.29 is 14.3 Å². The van der Waals surface area contributed by atoms with Gasteiger partial charge in [-0.05, 0) is 35.7 Å². The highest BCUT2D eigenvalue weighted by Crippen LogP contribution is 2.33. The molecule has 4 nitrogen and oxygen atoms in total. The minimum absolute atomic E-state index is 0.139. The molecule has 4 rings (SSSR count). The average Bonchev–Trinajstić information content (AvgIpc) is 3.38. The van der Waals surface area contributed by atoms with Crippen LogP contribution in [0.3, 0.4) is 0 Å². The molecule has 0 aliphatic heterocycles. The smallest absolute Gasteiger partial charge is 0.287 e. The van der Waals surface area contributed by atoms with Crippen LogP contribution >= 0.6 is 22.7 Å². The van der Waals surface area contributed by atoms with Gasteiger partial charge in [0.1, 0.15) is 11.7 Å². The lowest BCUT2D eigenvalue weighted by Crippen LogP contribution is -2.27. The first-order valence-electron chi connectivity index (χ1n) is 7.79. The highest BCUT2D eigenvalue weighted by atomic mass is 32.1. The second-order valence-electron chi connectivity index (χ2n) is 5.55. The summed E-state index contributed by atoms with van der Waals surface area (Å²) in [6, 6.07) is 17.1. The van der Waals surface area contributed by atoms with Crippen LogP contribution < -0.4 is 5.32 Å². The van der Waals surface area contributed by atoms with Crippen LogP contribution in [-0.4, -0.2) is 17.6 Å². The molecular weight excluding hydrogens is 354 g/mol. The molecule has 25 heavy (non-hydrogen) atoms. The summed E-state index contributed by atoms with van der Waals surface area (Å²) in [6.07, 6.45) is -0.743. The van der Waals surface area contributed by atoms with E-state index in [1.165, 1.54) is 16.2 Å². The zero-order valence-corrected chi connectivity index (χ0v) is 14.8. The summed E-state index contributed by atoms with van der Waals surface area (Å²) in [5.74, 6) is -0.0795. The Morgan fingerprint density at radius 3 is 2.80 bits per heavy atom. The van der Waals surface area contributed by atoms with E-state index in [4.69, 9.17) is 4.42 Å². The van der Waals surface area contributed by atoms with E-state index in [1.807, 2.05) is 47.8 Å². The quantitative estimate of drug-likeness (QED) is 0.537. The lowest BCUT2D eigenvalue weighted by atomic mass is 10.2. The maximum atomic E-state index is 12.2. The van der Waals surface area contributed by atoms with Crippen molar-refractivity contribution in [1.82, 2.24) is 5.32 Å². The molecule has 0 unspecified atom stereocenters. The third kappa shape index (κ3) is 3.37. The van der Waals surface area contributed by atoms with Crippen molar-refractivity contribution in [3.8, 4) is 9.75 Å². The standard InChI is InChI=1S/C19H15NO3S2/c21-13(16-7-8-18(25-16)17-6-3-9-24-17)11-20-19(22)15-10-12-4-1-2-5-14(12)23-15/h1-10,13,21H,11H2,(H,20,22)/t13-/m0/s1. The van der Waals surface area contributed by atoms with Crippen molar-refractivity contribution >= 4 is 39.5 Å². The largest absolute Gasteiger partial charge is 0.451 e. The van der Waals surface area contributed by atoms with Crippen molar-refractivity contribution in [2.45, 2.75) is 6.10 Å². The number of nitrogens with one attached hydrogen (secondary N) is 1. The maximum absolute atomic E-state index is 12.2. The van der Waals surface area contributed by atoms with Gasteiger partial charge < -0.3 is 14.8 Å². The van der Waals surface area contributed by atoms with E-state index >= 15 is 0 Å². The number of rotatable bonds is 5. The lowest BCUT2D eigenvalue weighted by molar-refractivity contribution is 0.0893. The van der Waals surface area contributed by atoms with Crippen LogP contribution in [0.2, 0.25) is 0 Å². The zero-order valence-electron chi connectivity index (χ0n) is 13.1. The Kier molecular flexibility index (Phi) is 4.40. The predicted molar refractivity (Wildman–Crippen MR) is 101 cm³/mol. The van der Waals surface area contributed by atoms with Crippen LogP contribution in [0.1, 0.15) is 21.5 Å². The topological polar surface area (TPSA) is 62.5 Å². The zero-order chi connectivity index (χ0) is 17.2. The first-order chi connectivity index (χ1) is 12.2. The number of carbonyl (C=O) groups is 1. The Hall–Kier alpha value is -2.41. The third-order valence-corrected chi connectivity index (χ3v) is 6.08. The predicted octanol–water partition coefficient (Wildman–Crippen LogP) is 4.69. The van der Waals surface area contributed by atoms with E-state index in [0.717, 1.165) is 15.1 Å². The molecule has 1 aromatic carbocycles. The number of amides is 1. The molecule has 0 bridgehead atoms. The third-order valence-electron chi connectivity index (χ3n) is 3.82. The monoisotopic (exact) mass is 369 g/mol. The summed E-state index contributed by atoms with van der Waals surface area (Å²) in [7, 11) is 0. The molecule has 1 amide bonds. The molecule has 0 saturated heterocycles. The number of carbonyl (C=O) groups excluding carboxylic acids is 1. The summed E-state index contributed by atoms with van der Waals surface area (Å²) in [5, 5.41) is 16.0. The summed E-state index contributed by atoms with van der Waals surface area (Å²) in [6.45, 7) is 0.139. The van der Waals surface area contributed by atoms with Crippen LogP contribution in [0.15, 0.2) is 64.4 Å². The SMILES string of the molecule is O=C(NC[C@H](O)c1ccc(-c2cccs2)s1)c1cc2ccccc2o1. The fourth-order valence-electron chi connectivity index (χ4n) is 2.55. The van der Waals surface area contributed by atoms with Crippen molar-refractivity contribution in [3.05, 3.63) is 70.6 Å². The normalized spacial score (nSPS) is 12.4. The van der Waals surface area contributed by atoms with Gasteiger partial charge in [-0.15, -0.1) is 22.7 Å². The molecule has 4 aromatic rings. The van der Waals surface area contributed by atoms with E-state index in [0.29, 0.717) is 5.58 Å². The highest BCUT2D eigenvalue weighted by molar-refractivity contribution is 7.21. The Morgan fingerprint density at radius 1 is 1.12 bits per heavy atom. The van der Waals surface area contributed by atoms with Gasteiger partial charge in [0, 0.05) is 26.6 Å². The Balaban J connectivity index is 1.41. The Bertz CT molecular complexity index is 968. The van der Waals surface area contributed by atoms with E-state index in [9.17, 15) is 9.90 Å². The van der Waals surface area contributed by atoms with Gasteiger partial charge in [-0.2, -0.15) is 0 Å². The number of aliphatic hydroxyl groups is 1. The van der Waals surface area contributed by atoms with Gasteiger partial charge in [0.05, 0.1) is 0 Å². The number of benzene rings is 1. The minimum Gasteiger partial charge on any atom is -0.451 e.